The maximum absolute atomic E-state index is 13.5. The van der Waals surface area contributed by atoms with Gasteiger partial charge in [-0.3, -0.25) is 4.79 Å². The second-order valence-corrected chi connectivity index (χ2v) is 9.22. The number of rotatable bonds is 5. The monoisotopic (exact) mass is 465 g/mol. The van der Waals surface area contributed by atoms with Crippen LogP contribution in [0.15, 0.2) is 71.1 Å². The van der Waals surface area contributed by atoms with Gasteiger partial charge < -0.3 is 15.2 Å². The van der Waals surface area contributed by atoms with E-state index in [-0.39, 0.29) is 23.6 Å². The van der Waals surface area contributed by atoms with Crippen molar-refractivity contribution in [1.29, 1.82) is 0 Å². The number of allylic oxidation sites excluding steroid dienone is 3. The van der Waals surface area contributed by atoms with Gasteiger partial charge >= 0.3 is 5.97 Å². The van der Waals surface area contributed by atoms with Gasteiger partial charge in [-0.1, -0.05) is 42.8 Å². The summed E-state index contributed by atoms with van der Waals surface area (Å²) >= 11 is 6.04. The van der Waals surface area contributed by atoms with Gasteiger partial charge in [0.25, 0.3) is 0 Å². The lowest BCUT2D eigenvalue weighted by molar-refractivity contribution is -0.144. The number of esters is 1. The minimum absolute atomic E-state index is 0.0154. The Morgan fingerprint density at radius 1 is 1.18 bits per heavy atom. The van der Waals surface area contributed by atoms with E-state index in [2.05, 4.69) is 5.32 Å². The number of phenolic OH excluding ortho intramolecular Hbond substituents is 1. The topological polar surface area (TPSA) is 75.6 Å². The van der Waals surface area contributed by atoms with E-state index >= 15 is 0 Å². The summed E-state index contributed by atoms with van der Waals surface area (Å²) in [5.41, 5.74) is 4.22. The average Bonchev–Trinajstić information content (AvgIpc) is 2.78. The van der Waals surface area contributed by atoms with Crippen molar-refractivity contribution in [2.24, 2.45) is 0 Å². The standard InChI is InChI=1S/C27H28ClNO4/c1-4-15(2)33-27(32)24-16(3)29-22-13-19(17-8-10-20(28)11-9-17)14-23(31)26(22)25(24)18-6-5-7-21(30)12-18/h5-12,15,19,25,29-30H,4,13-14H2,1-3H3/t15-,19+,25-/m1/s1. The lowest BCUT2D eigenvalue weighted by Crippen LogP contribution is -2.36. The third kappa shape index (κ3) is 4.69. The number of carbonyl (C=O) groups is 2. The molecule has 0 radical (unpaired) electrons. The minimum Gasteiger partial charge on any atom is -0.508 e. The van der Waals surface area contributed by atoms with Gasteiger partial charge in [0.15, 0.2) is 5.78 Å². The average molecular weight is 466 g/mol. The molecule has 0 aromatic heterocycles. The van der Waals surface area contributed by atoms with Crippen molar-refractivity contribution in [2.45, 2.75) is 58.0 Å². The van der Waals surface area contributed by atoms with Gasteiger partial charge in [0.1, 0.15) is 5.75 Å². The Kier molecular flexibility index (Phi) is 6.61. The van der Waals surface area contributed by atoms with Crippen molar-refractivity contribution in [3.05, 3.63) is 87.2 Å². The molecule has 2 aromatic carbocycles. The largest absolute Gasteiger partial charge is 0.508 e. The number of ketones is 1. The predicted molar refractivity (Wildman–Crippen MR) is 128 cm³/mol. The lowest BCUT2D eigenvalue weighted by atomic mass is 9.71. The first kappa shape index (κ1) is 23.1. The first-order valence-corrected chi connectivity index (χ1v) is 11.7. The van der Waals surface area contributed by atoms with Crippen molar-refractivity contribution >= 4 is 23.4 Å². The van der Waals surface area contributed by atoms with E-state index in [0.717, 1.165) is 11.3 Å². The molecule has 33 heavy (non-hydrogen) atoms. The summed E-state index contributed by atoms with van der Waals surface area (Å²) in [5, 5.41) is 14.1. The molecular weight excluding hydrogens is 438 g/mol. The molecule has 1 aliphatic heterocycles. The van der Waals surface area contributed by atoms with Crippen LogP contribution < -0.4 is 5.32 Å². The van der Waals surface area contributed by atoms with Crippen LogP contribution in [0.25, 0.3) is 0 Å². The SMILES string of the molecule is CC[C@@H](C)OC(=O)C1=C(C)NC2=C(C(=O)C[C@@H](c3ccc(Cl)cc3)C2)[C@@H]1c1cccc(O)c1. The summed E-state index contributed by atoms with van der Waals surface area (Å²) in [4.78, 5) is 26.8. The molecule has 6 heteroatoms. The Bertz CT molecular complexity index is 1150. The number of halogens is 1. The Labute approximate surface area is 199 Å². The zero-order chi connectivity index (χ0) is 23.7. The Morgan fingerprint density at radius 3 is 2.58 bits per heavy atom. The highest BCUT2D eigenvalue weighted by molar-refractivity contribution is 6.30. The number of nitrogens with one attached hydrogen (secondary N) is 1. The number of dihydropyridines is 1. The highest BCUT2D eigenvalue weighted by Crippen LogP contribution is 2.46. The number of ether oxygens (including phenoxy) is 1. The van der Waals surface area contributed by atoms with Crippen LogP contribution >= 0.6 is 11.6 Å². The van der Waals surface area contributed by atoms with E-state index < -0.39 is 11.9 Å². The van der Waals surface area contributed by atoms with Crippen molar-refractivity contribution in [1.82, 2.24) is 5.32 Å². The van der Waals surface area contributed by atoms with Crippen molar-refractivity contribution in [3.8, 4) is 5.75 Å². The quantitative estimate of drug-likeness (QED) is 0.550. The number of phenols is 1. The maximum Gasteiger partial charge on any atom is 0.337 e. The molecule has 0 amide bonds. The molecular formula is C27H28ClNO4. The van der Waals surface area contributed by atoms with Crippen molar-refractivity contribution in [2.75, 3.05) is 0 Å². The number of carbonyl (C=O) groups excluding carboxylic acids is 2. The number of benzene rings is 2. The second-order valence-electron chi connectivity index (χ2n) is 8.79. The first-order chi connectivity index (χ1) is 15.8. The highest BCUT2D eigenvalue weighted by atomic mass is 35.5. The predicted octanol–water partition coefficient (Wildman–Crippen LogP) is 5.75. The Balaban J connectivity index is 1.78. The number of hydrogen-bond donors (Lipinski definition) is 2. The maximum atomic E-state index is 13.5. The third-order valence-electron chi connectivity index (χ3n) is 6.48. The van der Waals surface area contributed by atoms with Crippen LogP contribution in [0.2, 0.25) is 5.02 Å². The molecule has 0 spiro atoms. The molecule has 172 valence electrons. The van der Waals surface area contributed by atoms with Crippen LogP contribution in [-0.2, 0) is 14.3 Å². The van der Waals surface area contributed by atoms with Gasteiger partial charge in [-0.2, -0.15) is 0 Å². The first-order valence-electron chi connectivity index (χ1n) is 11.3. The van der Waals surface area contributed by atoms with Crippen molar-refractivity contribution < 1.29 is 19.4 Å². The second kappa shape index (κ2) is 9.44. The van der Waals surface area contributed by atoms with E-state index in [0.29, 0.717) is 46.7 Å². The molecule has 0 bridgehead atoms. The fourth-order valence-corrected chi connectivity index (χ4v) is 4.77. The van der Waals surface area contributed by atoms with Gasteiger partial charge in [-0.05, 0) is 68.0 Å². The summed E-state index contributed by atoms with van der Waals surface area (Å²) in [5.74, 6) is -0.945. The normalized spacial score (nSPS) is 21.4. The van der Waals surface area contributed by atoms with E-state index in [4.69, 9.17) is 16.3 Å². The van der Waals surface area contributed by atoms with E-state index in [1.165, 1.54) is 0 Å². The molecule has 2 aliphatic rings. The molecule has 5 nitrogen and oxygen atoms in total. The van der Waals surface area contributed by atoms with Gasteiger partial charge in [-0.15, -0.1) is 0 Å². The van der Waals surface area contributed by atoms with Crippen LogP contribution in [0, 0.1) is 0 Å². The zero-order valence-electron chi connectivity index (χ0n) is 19.0. The summed E-state index contributed by atoms with van der Waals surface area (Å²) in [6.07, 6.45) is 1.43. The van der Waals surface area contributed by atoms with Gasteiger partial charge in [-0.25, -0.2) is 4.79 Å². The number of aromatic hydroxyl groups is 1. The molecule has 0 saturated heterocycles. The summed E-state index contributed by atoms with van der Waals surface area (Å²) in [6, 6.07) is 14.3. The molecule has 0 unspecified atom stereocenters. The number of Topliss-reactive ketones (excluding diaryl/α,β-unsaturated/α-hetero) is 1. The molecule has 1 heterocycles. The van der Waals surface area contributed by atoms with Crippen LogP contribution in [0.4, 0.5) is 0 Å². The summed E-state index contributed by atoms with van der Waals surface area (Å²) in [7, 11) is 0. The molecule has 2 N–H and O–H groups in total. The lowest BCUT2D eigenvalue weighted by Gasteiger charge is -2.37. The van der Waals surface area contributed by atoms with Gasteiger partial charge in [0, 0.05) is 34.3 Å². The molecule has 0 saturated carbocycles. The highest BCUT2D eigenvalue weighted by Gasteiger charge is 2.41. The van der Waals surface area contributed by atoms with Gasteiger partial charge in [0.05, 0.1) is 11.7 Å². The van der Waals surface area contributed by atoms with Crippen LogP contribution in [0.3, 0.4) is 0 Å². The molecule has 0 fully saturated rings. The molecule has 1 aliphatic carbocycles. The van der Waals surface area contributed by atoms with E-state index in [1.54, 1.807) is 18.2 Å². The fourth-order valence-electron chi connectivity index (χ4n) is 4.65. The van der Waals surface area contributed by atoms with Crippen LogP contribution in [-0.4, -0.2) is 23.0 Å². The van der Waals surface area contributed by atoms with Crippen LogP contribution in [0.1, 0.15) is 63.0 Å². The fraction of sp³-hybridized carbons (Fsp3) is 0.333. The van der Waals surface area contributed by atoms with Crippen LogP contribution in [0.5, 0.6) is 5.75 Å². The van der Waals surface area contributed by atoms with E-state index in [1.807, 2.05) is 51.1 Å². The third-order valence-corrected chi connectivity index (χ3v) is 6.73. The van der Waals surface area contributed by atoms with E-state index in [9.17, 15) is 14.7 Å². The van der Waals surface area contributed by atoms with Gasteiger partial charge in [0.2, 0.25) is 0 Å². The summed E-state index contributed by atoms with van der Waals surface area (Å²) in [6.45, 7) is 5.64. The molecule has 2 aromatic rings. The Morgan fingerprint density at radius 2 is 1.91 bits per heavy atom. The smallest absolute Gasteiger partial charge is 0.337 e. The van der Waals surface area contributed by atoms with Crippen molar-refractivity contribution in [3.63, 3.8) is 0 Å². The zero-order valence-corrected chi connectivity index (χ0v) is 19.8. The number of hydrogen-bond acceptors (Lipinski definition) is 5. The molecule has 4 rings (SSSR count). The Hall–Kier alpha value is -3.05. The minimum atomic E-state index is -0.594. The summed E-state index contributed by atoms with van der Waals surface area (Å²) < 4.78 is 5.66. The molecule has 3 atom stereocenters.